The smallest absolute Gasteiger partial charge is 0.358 e. The van der Waals surface area contributed by atoms with E-state index in [0.717, 1.165) is 11.3 Å². The summed E-state index contributed by atoms with van der Waals surface area (Å²) in [4.78, 5) is 14.8. The van der Waals surface area contributed by atoms with Crippen LogP contribution in [-0.4, -0.2) is 23.2 Å². The maximum absolute atomic E-state index is 10.8. The van der Waals surface area contributed by atoms with E-state index in [2.05, 4.69) is 4.98 Å². The zero-order valence-electron chi connectivity index (χ0n) is 10.1. The molecule has 2 rings (SSSR count). The van der Waals surface area contributed by atoms with Gasteiger partial charge in [-0.1, -0.05) is 12.1 Å². The van der Waals surface area contributed by atoms with Crippen LogP contribution in [0.1, 0.15) is 27.7 Å². The molecule has 5 heteroatoms. The van der Waals surface area contributed by atoms with E-state index >= 15 is 0 Å². The van der Waals surface area contributed by atoms with Gasteiger partial charge in [-0.05, 0) is 24.6 Å². The summed E-state index contributed by atoms with van der Waals surface area (Å²) in [6.07, 6.45) is 0.456. The first kappa shape index (κ1) is 12.2. The van der Waals surface area contributed by atoms with Crippen molar-refractivity contribution in [3.63, 3.8) is 0 Å². The highest BCUT2D eigenvalue weighted by Gasteiger charge is 2.15. The number of aryl methyl sites for hydroxylation is 1. The standard InChI is InChI=1S/C13H13NO4/c1-8-12(13(15)16)14-11(18-8)7-9-3-5-10(17-2)6-4-9/h3-6H,7H2,1-2H3,(H,15,16). The molecule has 0 fully saturated rings. The van der Waals surface area contributed by atoms with Crippen LogP contribution in [-0.2, 0) is 6.42 Å². The SMILES string of the molecule is COc1ccc(Cc2nc(C(=O)O)c(C)o2)cc1. The lowest BCUT2D eigenvalue weighted by Crippen LogP contribution is -1.99. The molecule has 1 aromatic carbocycles. The van der Waals surface area contributed by atoms with E-state index in [4.69, 9.17) is 14.3 Å². The average molecular weight is 247 g/mol. The number of benzene rings is 1. The minimum atomic E-state index is -1.07. The molecule has 2 aromatic rings. The average Bonchev–Trinajstić information content (AvgIpc) is 2.71. The minimum absolute atomic E-state index is 0.0292. The number of aromatic carboxylic acids is 1. The molecule has 0 aliphatic carbocycles. The van der Waals surface area contributed by atoms with E-state index in [1.54, 1.807) is 14.0 Å². The summed E-state index contributed by atoms with van der Waals surface area (Å²) in [5, 5.41) is 8.87. The third kappa shape index (κ3) is 2.51. The molecule has 0 spiro atoms. The van der Waals surface area contributed by atoms with Gasteiger partial charge in [0.15, 0.2) is 11.6 Å². The molecule has 1 aromatic heterocycles. The Hall–Kier alpha value is -2.30. The Morgan fingerprint density at radius 1 is 1.39 bits per heavy atom. The molecule has 1 heterocycles. The molecule has 18 heavy (non-hydrogen) atoms. The highest BCUT2D eigenvalue weighted by Crippen LogP contribution is 2.16. The lowest BCUT2D eigenvalue weighted by atomic mass is 10.1. The molecule has 0 unspecified atom stereocenters. The second kappa shape index (κ2) is 4.91. The monoisotopic (exact) mass is 247 g/mol. The van der Waals surface area contributed by atoms with E-state index < -0.39 is 5.97 Å². The van der Waals surface area contributed by atoms with Gasteiger partial charge in [-0.15, -0.1) is 0 Å². The number of hydrogen-bond acceptors (Lipinski definition) is 4. The lowest BCUT2D eigenvalue weighted by molar-refractivity contribution is 0.0689. The number of rotatable bonds is 4. The van der Waals surface area contributed by atoms with Crippen LogP contribution >= 0.6 is 0 Å². The van der Waals surface area contributed by atoms with Crippen molar-refractivity contribution < 1.29 is 19.1 Å². The molecule has 0 radical (unpaired) electrons. The normalized spacial score (nSPS) is 10.3. The fraction of sp³-hybridized carbons (Fsp3) is 0.231. The van der Waals surface area contributed by atoms with Gasteiger partial charge in [0.25, 0.3) is 0 Å². The van der Waals surface area contributed by atoms with E-state index in [0.29, 0.717) is 18.1 Å². The van der Waals surface area contributed by atoms with Crippen LogP contribution in [0.3, 0.4) is 0 Å². The van der Waals surface area contributed by atoms with Crippen molar-refractivity contribution in [2.75, 3.05) is 7.11 Å². The quantitative estimate of drug-likeness (QED) is 0.897. The Kier molecular flexibility index (Phi) is 3.32. The zero-order valence-corrected chi connectivity index (χ0v) is 10.1. The molecule has 0 saturated carbocycles. The van der Waals surface area contributed by atoms with E-state index in [-0.39, 0.29) is 5.69 Å². The summed E-state index contributed by atoms with van der Waals surface area (Å²) >= 11 is 0. The number of oxazole rings is 1. The van der Waals surface area contributed by atoms with Gasteiger partial charge >= 0.3 is 5.97 Å². The summed E-state index contributed by atoms with van der Waals surface area (Å²) in [7, 11) is 1.60. The van der Waals surface area contributed by atoms with E-state index in [1.165, 1.54) is 0 Å². The first-order valence-corrected chi connectivity index (χ1v) is 5.42. The number of hydrogen-bond donors (Lipinski definition) is 1. The van der Waals surface area contributed by atoms with Crippen LogP contribution < -0.4 is 4.74 Å². The molecular weight excluding hydrogens is 234 g/mol. The number of carbonyl (C=O) groups is 1. The van der Waals surface area contributed by atoms with Gasteiger partial charge in [0.1, 0.15) is 11.5 Å². The Morgan fingerprint density at radius 3 is 2.56 bits per heavy atom. The van der Waals surface area contributed by atoms with Crippen molar-refractivity contribution in [2.24, 2.45) is 0 Å². The fourth-order valence-corrected chi connectivity index (χ4v) is 1.64. The first-order chi connectivity index (χ1) is 8.60. The summed E-state index contributed by atoms with van der Waals surface area (Å²) in [6.45, 7) is 1.59. The summed E-state index contributed by atoms with van der Waals surface area (Å²) in [5.41, 5.74) is 0.951. The number of methoxy groups -OCH3 is 1. The number of nitrogens with zero attached hydrogens (tertiary/aromatic N) is 1. The number of ether oxygens (including phenoxy) is 1. The van der Waals surface area contributed by atoms with Gasteiger partial charge in [-0.2, -0.15) is 0 Å². The first-order valence-electron chi connectivity index (χ1n) is 5.42. The molecule has 0 saturated heterocycles. The van der Waals surface area contributed by atoms with Crippen molar-refractivity contribution in [3.05, 3.63) is 47.2 Å². The highest BCUT2D eigenvalue weighted by atomic mass is 16.5. The van der Waals surface area contributed by atoms with Crippen LogP contribution in [0.25, 0.3) is 0 Å². The fourth-order valence-electron chi connectivity index (χ4n) is 1.64. The molecular formula is C13H13NO4. The second-order valence-corrected chi connectivity index (χ2v) is 3.84. The lowest BCUT2D eigenvalue weighted by Gasteiger charge is -2.00. The Morgan fingerprint density at radius 2 is 2.06 bits per heavy atom. The van der Waals surface area contributed by atoms with Crippen LogP contribution in [0, 0.1) is 6.92 Å². The maximum Gasteiger partial charge on any atom is 0.358 e. The highest BCUT2D eigenvalue weighted by molar-refractivity contribution is 5.86. The number of carboxylic acids is 1. The van der Waals surface area contributed by atoms with Gasteiger partial charge in [-0.25, -0.2) is 9.78 Å². The van der Waals surface area contributed by atoms with Crippen molar-refractivity contribution >= 4 is 5.97 Å². The molecule has 0 aliphatic heterocycles. The van der Waals surface area contributed by atoms with Gasteiger partial charge in [-0.3, -0.25) is 0 Å². The van der Waals surface area contributed by atoms with E-state index in [1.807, 2.05) is 24.3 Å². The van der Waals surface area contributed by atoms with Crippen molar-refractivity contribution in [1.29, 1.82) is 0 Å². The molecule has 0 atom stereocenters. The van der Waals surface area contributed by atoms with Crippen molar-refractivity contribution in [1.82, 2.24) is 4.98 Å². The molecule has 0 bridgehead atoms. The van der Waals surface area contributed by atoms with Crippen LogP contribution in [0.5, 0.6) is 5.75 Å². The van der Waals surface area contributed by atoms with Crippen molar-refractivity contribution in [3.8, 4) is 5.75 Å². The molecule has 94 valence electrons. The zero-order chi connectivity index (χ0) is 13.1. The third-order valence-corrected chi connectivity index (χ3v) is 2.56. The van der Waals surface area contributed by atoms with Crippen LogP contribution in [0.4, 0.5) is 0 Å². The van der Waals surface area contributed by atoms with Gasteiger partial charge in [0.2, 0.25) is 0 Å². The Labute approximate surface area is 104 Å². The van der Waals surface area contributed by atoms with Crippen molar-refractivity contribution in [2.45, 2.75) is 13.3 Å². The van der Waals surface area contributed by atoms with Crippen LogP contribution in [0.15, 0.2) is 28.7 Å². The van der Waals surface area contributed by atoms with Crippen LogP contribution in [0.2, 0.25) is 0 Å². The topological polar surface area (TPSA) is 72.6 Å². The third-order valence-electron chi connectivity index (χ3n) is 2.56. The Bertz CT molecular complexity index is 557. The molecule has 5 nitrogen and oxygen atoms in total. The summed E-state index contributed by atoms with van der Waals surface area (Å²) < 4.78 is 10.4. The number of aromatic nitrogens is 1. The largest absolute Gasteiger partial charge is 0.497 e. The summed E-state index contributed by atoms with van der Waals surface area (Å²) in [5.74, 6) is 0.423. The van der Waals surface area contributed by atoms with Gasteiger partial charge in [0, 0.05) is 6.42 Å². The number of carboxylic acid groups (broad SMARTS) is 1. The Balaban J connectivity index is 2.18. The minimum Gasteiger partial charge on any atom is -0.497 e. The van der Waals surface area contributed by atoms with Gasteiger partial charge in [0.05, 0.1) is 7.11 Å². The maximum atomic E-state index is 10.8. The summed E-state index contributed by atoms with van der Waals surface area (Å²) in [6, 6.07) is 7.45. The van der Waals surface area contributed by atoms with E-state index in [9.17, 15) is 4.79 Å². The predicted molar refractivity (Wildman–Crippen MR) is 64.0 cm³/mol. The molecule has 0 amide bonds. The molecule has 0 aliphatic rings. The predicted octanol–water partition coefficient (Wildman–Crippen LogP) is 2.28. The second-order valence-electron chi connectivity index (χ2n) is 3.84. The van der Waals surface area contributed by atoms with Gasteiger partial charge < -0.3 is 14.3 Å². The molecule has 1 N–H and O–H groups in total.